The molecule has 1 N–H and O–H groups in total. The molecule has 0 saturated carbocycles. The third kappa shape index (κ3) is 1.88. The number of ether oxygens (including phenoxy) is 1. The maximum atomic E-state index is 9.35. The molecule has 0 fully saturated rings. The van der Waals surface area contributed by atoms with E-state index in [-0.39, 0.29) is 17.1 Å². The molecule has 0 amide bonds. The van der Waals surface area contributed by atoms with Gasteiger partial charge in [0.2, 0.25) is 0 Å². The Balaban J connectivity index is 3.41. The number of phenols is 1. The molecule has 4 nitrogen and oxygen atoms in total. The van der Waals surface area contributed by atoms with Crippen LogP contribution in [0.4, 0.5) is 5.69 Å². The summed E-state index contributed by atoms with van der Waals surface area (Å²) in [6, 6.07) is 4.57. The van der Waals surface area contributed by atoms with Crippen molar-refractivity contribution in [2.24, 2.45) is 4.99 Å². The molecular formula is C9H6N2O2S. The molecule has 1 rings (SSSR count). The number of rotatable bonds is 2. The highest BCUT2D eigenvalue weighted by molar-refractivity contribution is 7.78. The molecule has 0 aliphatic carbocycles. The Hall–Kier alpha value is -1.89. The van der Waals surface area contributed by atoms with Crippen LogP contribution >= 0.6 is 12.2 Å². The van der Waals surface area contributed by atoms with Gasteiger partial charge < -0.3 is 9.84 Å². The highest BCUT2D eigenvalue weighted by Gasteiger charge is 2.08. The van der Waals surface area contributed by atoms with Gasteiger partial charge in [0, 0.05) is 12.1 Å². The molecule has 1 aromatic carbocycles. The summed E-state index contributed by atoms with van der Waals surface area (Å²) < 4.78 is 4.85. The number of nitrogens with zero attached hydrogens (tertiary/aromatic N) is 2. The number of hydrogen-bond acceptors (Lipinski definition) is 5. The average molecular weight is 206 g/mol. The van der Waals surface area contributed by atoms with Gasteiger partial charge in [-0.1, -0.05) is 0 Å². The fraction of sp³-hybridized carbons (Fsp3) is 0.111. The summed E-state index contributed by atoms with van der Waals surface area (Å²) in [5.41, 5.74) is 0.554. The minimum Gasteiger partial charge on any atom is -0.504 e. The van der Waals surface area contributed by atoms with Crippen molar-refractivity contribution in [2.45, 2.75) is 0 Å². The minimum atomic E-state index is -0.104. The molecule has 0 radical (unpaired) electrons. The van der Waals surface area contributed by atoms with Crippen molar-refractivity contribution in [1.29, 1.82) is 5.26 Å². The number of thiocarbonyl (C=S) groups is 1. The van der Waals surface area contributed by atoms with Gasteiger partial charge in [0.15, 0.2) is 11.5 Å². The first-order chi connectivity index (χ1) is 6.72. The Kier molecular flexibility index (Phi) is 3.19. The van der Waals surface area contributed by atoms with Gasteiger partial charge in [-0.05, 0) is 12.2 Å². The number of aliphatic imine (C=N–C) groups is 1. The summed E-state index contributed by atoms with van der Waals surface area (Å²) in [5.74, 6) is 0.139. The number of aromatic hydroxyl groups is 1. The van der Waals surface area contributed by atoms with Crippen LogP contribution in [0.2, 0.25) is 0 Å². The highest BCUT2D eigenvalue weighted by atomic mass is 32.1. The molecule has 0 unspecified atom stereocenters. The third-order valence-electron chi connectivity index (χ3n) is 1.58. The van der Waals surface area contributed by atoms with Crippen LogP contribution in [-0.4, -0.2) is 17.4 Å². The molecule has 70 valence electrons. The quantitative estimate of drug-likeness (QED) is 0.593. The fourth-order valence-electron chi connectivity index (χ4n) is 0.952. The Bertz CT molecular complexity index is 445. The third-order valence-corrected chi connectivity index (χ3v) is 1.68. The average Bonchev–Trinajstić information content (AvgIpc) is 2.20. The Morgan fingerprint density at radius 1 is 1.57 bits per heavy atom. The first-order valence-corrected chi connectivity index (χ1v) is 4.02. The van der Waals surface area contributed by atoms with Crippen LogP contribution in [0.5, 0.6) is 11.5 Å². The van der Waals surface area contributed by atoms with Crippen molar-refractivity contribution < 1.29 is 9.84 Å². The van der Waals surface area contributed by atoms with E-state index in [0.717, 1.165) is 0 Å². The second-order valence-corrected chi connectivity index (χ2v) is 2.54. The molecule has 0 heterocycles. The molecule has 0 spiro atoms. The van der Waals surface area contributed by atoms with Gasteiger partial charge in [0.05, 0.1) is 23.5 Å². The van der Waals surface area contributed by atoms with E-state index >= 15 is 0 Å². The summed E-state index contributed by atoms with van der Waals surface area (Å²) in [7, 11) is 1.41. The molecule has 14 heavy (non-hydrogen) atoms. The SMILES string of the molecule is COc1cc(N=C=S)c(C#N)cc1O. The van der Waals surface area contributed by atoms with E-state index in [9.17, 15) is 5.11 Å². The Morgan fingerprint density at radius 3 is 2.79 bits per heavy atom. The Morgan fingerprint density at radius 2 is 2.29 bits per heavy atom. The first-order valence-electron chi connectivity index (χ1n) is 3.62. The van der Waals surface area contributed by atoms with Crippen LogP contribution in [0.25, 0.3) is 0 Å². The van der Waals surface area contributed by atoms with E-state index in [1.165, 1.54) is 19.2 Å². The van der Waals surface area contributed by atoms with Gasteiger partial charge in [-0.2, -0.15) is 10.3 Å². The summed E-state index contributed by atoms with van der Waals surface area (Å²) in [6.07, 6.45) is 0. The van der Waals surface area contributed by atoms with Gasteiger partial charge in [-0.3, -0.25) is 0 Å². The van der Waals surface area contributed by atoms with Gasteiger partial charge >= 0.3 is 0 Å². The number of hydrogen-bond donors (Lipinski definition) is 1. The van der Waals surface area contributed by atoms with Gasteiger partial charge in [0.1, 0.15) is 6.07 Å². The maximum absolute atomic E-state index is 9.35. The highest BCUT2D eigenvalue weighted by Crippen LogP contribution is 2.33. The second-order valence-electron chi connectivity index (χ2n) is 2.36. The van der Waals surface area contributed by atoms with E-state index in [4.69, 9.17) is 10.00 Å². The van der Waals surface area contributed by atoms with Crippen molar-refractivity contribution in [3.63, 3.8) is 0 Å². The lowest BCUT2D eigenvalue weighted by atomic mass is 10.2. The monoisotopic (exact) mass is 206 g/mol. The number of phenolic OH excluding ortho intramolecular Hbond substituents is 1. The maximum Gasteiger partial charge on any atom is 0.162 e. The van der Waals surface area contributed by atoms with Crippen molar-refractivity contribution >= 4 is 23.1 Å². The van der Waals surface area contributed by atoms with Crippen molar-refractivity contribution in [3.8, 4) is 17.6 Å². The second kappa shape index (κ2) is 4.38. The van der Waals surface area contributed by atoms with E-state index in [1.54, 1.807) is 0 Å². The number of isothiocyanates is 1. The predicted molar refractivity (Wildman–Crippen MR) is 54.1 cm³/mol. The topological polar surface area (TPSA) is 65.6 Å². The lowest BCUT2D eigenvalue weighted by Gasteiger charge is -2.04. The lowest BCUT2D eigenvalue weighted by molar-refractivity contribution is 0.373. The van der Waals surface area contributed by atoms with Crippen LogP contribution in [0.15, 0.2) is 17.1 Å². The zero-order valence-corrected chi connectivity index (χ0v) is 8.13. The van der Waals surface area contributed by atoms with Gasteiger partial charge in [-0.15, -0.1) is 0 Å². The van der Waals surface area contributed by atoms with Crippen LogP contribution in [0.3, 0.4) is 0 Å². The van der Waals surface area contributed by atoms with Crippen LogP contribution in [-0.2, 0) is 0 Å². The molecule has 0 atom stereocenters. The lowest BCUT2D eigenvalue weighted by Crippen LogP contribution is -1.85. The van der Waals surface area contributed by atoms with Crippen molar-refractivity contribution in [1.82, 2.24) is 0 Å². The summed E-state index contributed by atoms with van der Waals surface area (Å²) in [6.45, 7) is 0. The van der Waals surface area contributed by atoms with Gasteiger partial charge in [0.25, 0.3) is 0 Å². The molecule has 5 heteroatoms. The van der Waals surface area contributed by atoms with E-state index in [2.05, 4.69) is 22.4 Å². The Labute approximate surface area is 86.1 Å². The number of benzene rings is 1. The normalized spacial score (nSPS) is 8.57. The van der Waals surface area contributed by atoms with E-state index < -0.39 is 0 Å². The zero-order valence-electron chi connectivity index (χ0n) is 7.31. The first kappa shape index (κ1) is 10.2. The number of nitriles is 1. The van der Waals surface area contributed by atoms with Crippen LogP contribution < -0.4 is 4.74 Å². The van der Waals surface area contributed by atoms with E-state index in [0.29, 0.717) is 5.69 Å². The molecule has 0 bridgehead atoms. The zero-order chi connectivity index (χ0) is 10.6. The largest absolute Gasteiger partial charge is 0.504 e. The molecule has 0 aliphatic rings. The van der Waals surface area contributed by atoms with Crippen LogP contribution in [0.1, 0.15) is 5.56 Å². The molecule has 1 aromatic rings. The van der Waals surface area contributed by atoms with Gasteiger partial charge in [-0.25, -0.2) is 0 Å². The van der Waals surface area contributed by atoms with Crippen molar-refractivity contribution in [3.05, 3.63) is 17.7 Å². The molecule has 0 aliphatic heterocycles. The summed E-state index contributed by atoms with van der Waals surface area (Å²) >= 11 is 4.42. The molecule has 0 aromatic heterocycles. The standard InChI is InChI=1S/C9H6N2O2S/c1-13-9-3-7(11-5-14)6(4-10)2-8(9)12/h2-3,12H,1H3. The predicted octanol–water partition coefficient (Wildman–Crippen LogP) is 2.01. The fourth-order valence-corrected chi connectivity index (χ4v) is 1.05. The van der Waals surface area contributed by atoms with Crippen LogP contribution in [0, 0.1) is 11.3 Å². The number of methoxy groups -OCH3 is 1. The minimum absolute atomic E-state index is 0.104. The van der Waals surface area contributed by atoms with Crippen molar-refractivity contribution in [2.75, 3.05) is 7.11 Å². The molecule has 0 saturated heterocycles. The molecular weight excluding hydrogens is 200 g/mol. The van der Waals surface area contributed by atoms with E-state index in [1.807, 2.05) is 6.07 Å². The summed E-state index contributed by atoms with van der Waals surface area (Å²) in [4.78, 5) is 3.68. The smallest absolute Gasteiger partial charge is 0.162 e. The summed E-state index contributed by atoms with van der Waals surface area (Å²) in [5, 5.41) is 20.2.